The molecule has 19 heavy (non-hydrogen) atoms. The van der Waals surface area contributed by atoms with E-state index in [0.29, 0.717) is 18.9 Å². The first kappa shape index (κ1) is 15.9. The smallest absolute Gasteiger partial charge is 0.222 e. The zero-order valence-corrected chi connectivity index (χ0v) is 13.0. The van der Waals surface area contributed by atoms with Gasteiger partial charge in [0.05, 0.1) is 6.54 Å². The van der Waals surface area contributed by atoms with Crippen LogP contribution in [0.25, 0.3) is 0 Å². The van der Waals surface area contributed by atoms with E-state index in [2.05, 4.69) is 18.5 Å². The first-order chi connectivity index (χ1) is 9.06. The number of rotatable bonds is 8. The summed E-state index contributed by atoms with van der Waals surface area (Å²) in [6, 6.07) is 0. The molecule has 0 aliphatic heterocycles. The third-order valence-electron chi connectivity index (χ3n) is 3.31. The van der Waals surface area contributed by atoms with Crippen molar-refractivity contribution in [3.05, 3.63) is 28.7 Å². The Morgan fingerprint density at radius 3 is 2.89 bits per heavy atom. The summed E-state index contributed by atoms with van der Waals surface area (Å²) in [5.74, 6) is 0.785. The van der Waals surface area contributed by atoms with Crippen LogP contribution >= 0.6 is 11.3 Å². The van der Waals surface area contributed by atoms with E-state index in [1.54, 1.807) is 16.2 Å². The molecule has 1 aromatic heterocycles. The van der Waals surface area contributed by atoms with Gasteiger partial charge in [0.2, 0.25) is 5.91 Å². The standard InChI is InChI=1S/C15H24N2OS/c1-5-7-13(6-2)8-9-15(18)17(4)10-14-16-12(3)11-19-14/h5,11,13H,1,6-10H2,2-4H3. The van der Waals surface area contributed by atoms with E-state index in [4.69, 9.17) is 0 Å². The van der Waals surface area contributed by atoms with Crippen molar-refractivity contribution in [2.24, 2.45) is 5.92 Å². The van der Waals surface area contributed by atoms with Gasteiger partial charge >= 0.3 is 0 Å². The molecule has 1 atom stereocenters. The minimum absolute atomic E-state index is 0.204. The molecule has 0 radical (unpaired) electrons. The summed E-state index contributed by atoms with van der Waals surface area (Å²) in [5.41, 5.74) is 1.03. The lowest BCUT2D eigenvalue weighted by atomic mass is 9.96. The highest BCUT2D eigenvalue weighted by atomic mass is 32.1. The second kappa shape index (κ2) is 8.10. The van der Waals surface area contributed by atoms with Crippen molar-refractivity contribution in [2.75, 3.05) is 7.05 Å². The molecule has 106 valence electrons. The Balaban J connectivity index is 2.37. The Bertz CT molecular complexity index is 414. The molecule has 1 aromatic rings. The number of nitrogens with zero attached hydrogens (tertiary/aromatic N) is 2. The summed E-state index contributed by atoms with van der Waals surface area (Å²) >= 11 is 1.61. The van der Waals surface area contributed by atoms with Gasteiger partial charge in [-0.05, 0) is 25.7 Å². The maximum absolute atomic E-state index is 12.1. The predicted molar refractivity (Wildman–Crippen MR) is 81.2 cm³/mol. The average Bonchev–Trinajstić information content (AvgIpc) is 2.79. The van der Waals surface area contributed by atoms with E-state index in [1.807, 2.05) is 25.4 Å². The second-order valence-electron chi connectivity index (χ2n) is 4.97. The van der Waals surface area contributed by atoms with Gasteiger partial charge < -0.3 is 4.90 Å². The third-order valence-corrected chi connectivity index (χ3v) is 4.26. The van der Waals surface area contributed by atoms with E-state index in [1.165, 1.54) is 0 Å². The van der Waals surface area contributed by atoms with E-state index >= 15 is 0 Å². The number of carbonyl (C=O) groups is 1. The Labute approximate surface area is 120 Å². The first-order valence-corrected chi connectivity index (χ1v) is 7.70. The van der Waals surface area contributed by atoms with E-state index in [9.17, 15) is 4.79 Å². The molecular weight excluding hydrogens is 256 g/mol. The van der Waals surface area contributed by atoms with Gasteiger partial charge in [-0.2, -0.15) is 0 Å². The Kier molecular flexibility index (Phi) is 6.78. The van der Waals surface area contributed by atoms with Gasteiger partial charge in [0.1, 0.15) is 5.01 Å². The molecule has 1 amide bonds. The van der Waals surface area contributed by atoms with Crippen molar-refractivity contribution in [3.8, 4) is 0 Å². The molecule has 0 aromatic carbocycles. The van der Waals surface area contributed by atoms with Crippen LogP contribution in [0, 0.1) is 12.8 Å². The highest BCUT2D eigenvalue weighted by Crippen LogP contribution is 2.17. The normalized spacial score (nSPS) is 12.2. The van der Waals surface area contributed by atoms with Crippen LogP contribution in [-0.2, 0) is 11.3 Å². The van der Waals surface area contributed by atoms with Gasteiger partial charge in [-0.1, -0.05) is 19.4 Å². The highest BCUT2D eigenvalue weighted by molar-refractivity contribution is 7.09. The van der Waals surface area contributed by atoms with Crippen LogP contribution in [0.2, 0.25) is 0 Å². The monoisotopic (exact) mass is 280 g/mol. The third kappa shape index (κ3) is 5.55. The lowest BCUT2D eigenvalue weighted by Gasteiger charge is -2.18. The molecule has 0 fully saturated rings. The van der Waals surface area contributed by atoms with Crippen LogP contribution < -0.4 is 0 Å². The number of thiazole rings is 1. The molecule has 1 unspecified atom stereocenters. The van der Waals surface area contributed by atoms with Gasteiger partial charge in [-0.25, -0.2) is 4.98 Å². The fourth-order valence-electron chi connectivity index (χ4n) is 2.01. The number of hydrogen-bond donors (Lipinski definition) is 0. The van der Waals surface area contributed by atoms with Crippen molar-refractivity contribution in [3.63, 3.8) is 0 Å². The second-order valence-corrected chi connectivity index (χ2v) is 5.91. The summed E-state index contributed by atoms with van der Waals surface area (Å²) in [6.45, 7) is 8.53. The number of allylic oxidation sites excluding steroid dienone is 1. The van der Waals surface area contributed by atoms with E-state index in [0.717, 1.165) is 30.0 Å². The van der Waals surface area contributed by atoms with Gasteiger partial charge in [0, 0.05) is 24.5 Å². The first-order valence-electron chi connectivity index (χ1n) is 6.82. The molecule has 0 spiro atoms. The lowest BCUT2D eigenvalue weighted by Crippen LogP contribution is -2.26. The Hall–Kier alpha value is -1.16. The summed E-state index contributed by atoms with van der Waals surface area (Å²) < 4.78 is 0. The fraction of sp³-hybridized carbons (Fsp3) is 0.600. The van der Waals surface area contributed by atoms with Crippen LogP contribution in [0.15, 0.2) is 18.0 Å². The van der Waals surface area contributed by atoms with Crippen LogP contribution in [0.5, 0.6) is 0 Å². The van der Waals surface area contributed by atoms with Crippen LogP contribution in [-0.4, -0.2) is 22.8 Å². The molecule has 1 heterocycles. The van der Waals surface area contributed by atoms with Crippen molar-refractivity contribution in [1.82, 2.24) is 9.88 Å². The number of hydrogen-bond acceptors (Lipinski definition) is 3. The number of aryl methyl sites for hydroxylation is 1. The quantitative estimate of drug-likeness (QED) is 0.679. The SMILES string of the molecule is C=CCC(CC)CCC(=O)N(C)Cc1nc(C)cs1. The maximum Gasteiger partial charge on any atom is 0.222 e. The molecule has 0 aliphatic rings. The van der Waals surface area contributed by atoms with Crippen LogP contribution in [0.1, 0.15) is 43.3 Å². The summed E-state index contributed by atoms with van der Waals surface area (Å²) in [6.07, 6.45) is 5.62. The van der Waals surface area contributed by atoms with Gasteiger partial charge in [-0.15, -0.1) is 17.9 Å². The van der Waals surface area contributed by atoms with E-state index in [-0.39, 0.29) is 5.91 Å². The largest absolute Gasteiger partial charge is 0.339 e. The molecule has 0 aliphatic carbocycles. The van der Waals surface area contributed by atoms with Crippen LogP contribution in [0.4, 0.5) is 0 Å². The number of carbonyl (C=O) groups excluding carboxylic acids is 1. The van der Waals surface area contributed by atoms with Gasteiger partial charge in [-0.3, -0.25) is 4.79 Å². The summed E-state index contributed by atoms with van der Waals surface area (Å²) in [4.78, 5) is 18.2. The fourth-order valence-corrected chi connectivity index (χ4v) is 2.83. The number of aromatic nitrogens is 1. The minimum atomic E-state index is 0.204. The van der Waals surface area contributed by atoms with Crippen molar-refractivity contribution in [1.29, 1.82) is 0 Å². The van der Waals surface area contributed by atoms with E-state index < -0.39 is 0 Å². The average molecular weight is 280 g/mol. The molecule has 4 heteroatoms. The molecule has 0 N–H and O–H groups in total. The maximum atomic E-state index is 12.1. The van der Waals surface area contributed by atoms with Gasteiger partial charge in [0.15, 0.2) is 0 Å². The Morgan fingerprint density at radius 2 is 2.37 bits per heavy atom. The summed E-state index contributed by atoms with van der Waals surface area (Å²) in [5, 5.41) is 3.02. The molecule has 0 saturated heterocycles. The van der Waals surface area contributed by atoms with Crippen molar-refractivity contribution < 1.29 is 4.79 Å². The highest BCUT2D eigenvalue weighted by Gasteiger charge is 2.13. The lowest BCUT2D eigenvalue weighted by molar-refractivity contribution is -0.130. The van der Waals surface area contributed by atoms with Crippen molar-refractivity contribution in [2.45, 2.75) is 46.1 Å². The molecule has 0 saturated carbocycles. The molecule has 1 rings (SSSR count). The topological polar surface area (TPSA) is 33.2 Å². The summed E-state index contributed by atoms with van der Waals surface area (Å²) in [7, 11) is 1.85. The predicted octanol–water partition coefficient (Wildman–Crippen LogP) is 3.79. The van der Waals surface area contributed by atoms with Crippen molar-refractivity contribution >= 4 is 17.2 Å². The molecular formula is C15H24N2OS. The number of amides is 1. The minimum Gasteiger partial charge on any atom is -0.339 e. The van der Waals surface area contributed by atoms with Gasteiger partial charge in [0.25, 0.3) is 0 Å². The van der Waals surface area contributed by atoms with Crippen LogP contribution in [0.3, 0.4) is 0 Å². The molecule has 0 bridgehead atoms. The Morgan fingerprint density at radius 1 is 1.63 bits per heavy atom. The zero-order valence-electron chi connectivity index (χ0n) is 12.2. The molecule has 3 nitrogen and oxygen atoms in total. The zero-order chi connectivity index (χ0) is 14.3.